The standard InChI is InChI=1S/C25H17Cl2NO5/c1-2-14-6-8-15(9-7-14)22(29)13-33-25(32)16-4-3-5-17(10-16)28-23(30)18-11-20(26)21(27)12-19(18)24(28)31/h3-12H,2,13H2,1H3. The number of imide groups is 1. The lowest BCUT2D eigenvalue weighted by Gasteiger charge is -2.14. The largest absolute Gasteiger partial charge is 0.454 e. The zero-order valence-corrected chi connectivity index (χ0v) is 18.9. The molecule has 1 aliphatic rings. The molecule has 0 unspecified atom stereocenters. The lowest BCUT2D eigenvalue weighted by molar-refractivity contribution is 0.0474. The van der Waals surface area contributed by atoms with Gasteiger partial charge in [-0.3, -0.25) is 14.4 Å². The van der Waals surface area contributed by atoms with Crippen LogP contribution in [-0.2, 0) is 11.2 Å². The third-order valence-corrected chi connectivity index (χ3v) is 6.01. The van der Waals surface area contributed by atoms with E-state index in [1.54, 1.807) is 12.1 Å². The number of ketones is 1. The fourth-order valence-corrected chi connectivity index (χ4v) is 3.79. The Morgan fingerprint density at radius 3 is 2.03 bits per heavy atom. The van der Waals surface area contributed by atoms with Crippen molar-refractivity contribution in [1.29, 1.82) is 0 Å². The number of nitrogens with zero attached hydrogens (tertiary/aromatic N) is 1. The number of Topliss-reactive ketones (excluding diaryl/α,β-unsaturated/α-hetero) is 1. The van der Waals surface area contributed by atoms with Crippen molar-refractivity contribution >= 4 is 52.5 Å². The number of esters is 1. The van der Waals surface area contributed by atoms with E-state index in [9.17, 15) is 19.2 Å². The van der Waals surface area contributed by atoms with Crippen molar-refractivity contribution in [1.82, 2.24) is 0 Å². The summed E-state index contributed by atoms with van der Waals surface area (Å²) in [5.74, 6) is -2.25. The Morgan fingerprint density at radius 1 is 0.848 bits per heavy atom. The molecule has 2 amide bonds. The highest BCUT2D eigenvalue weighted by Gasteiger charge is 2.37. The van der Waals surface area contributed by atoms with Gasteiger partial charge < -0.3 is 4.74 Å². The van der Waals surface area contributed by atoms with Crippen LogP contribution < -0.4 is 4.90 Å². The number of ether oxygens (including phenoxy) is 1. The van der Waals surface area contributed by atoms with Crippen molar-refractivity contribution in [2.24, 2.45) is 0 Å². The van der Waals surface area contributed by atoms with Gasteiger partial charge in [-0.15, -0.1) is 0 Å². The van der Waals surface area contributed by atoms with Crippen molar-refractivity contribution in [2.45, 2.75) is 13.3 Å². The van der Waals surface area contributed by atoms with E-state index in [1.165, 1.54) is 36.4 Å². The number of hydrogen-bond acceptors (Lipinski definition) is 5. The number of fused-ring (bicyclic) bond motifs is 1. The minimum Gasteiger partial charge on any atom is -0.454 e. The number of carbonyl (C=O) groups excluding carboxylic acids is 4. The van der Waals surface area contributed by atoms with Gasteiger partial charge in [0.25, 0.3) is 11.8 Å². The first-order chi connectivity index (χ1) is 15.8. The van der Waals surface area contributed by atoms with Crippen LogP contribution in [0.15, 0.2) is 60.7 Å². The normalized spacial score (nSPS) is 12.6. The van der Waals surface area contributed by atoms with Gasteiger partial charge in [-0.2, -0.15) is 0 Å². The summed E-state index contributed by atoms with van der Waals surface area (Å²) in [7, 11) is 0. The number of aryl methyl sites for hydroxylation is 1. The van der Waals surface area contributed by atoms with Crippen LogP contribution in [0, 0.1) is 0 Å². The Hall–Kier alpha value is -3.48. The first kappa shape index (κ1) is 22.7. The topological polar surface area (TPSA) is 80.8 Å². The van der Waals surface area contributed by atoms with Gasteiger partial charge in [0.05, 0.1) is 32.4 Å². The monoisotopic (exact) mass is 481 g/mol. The Kier molecular flexibility index (Phi) is 6.31. The molecule has 4 rings (SSSR count). The van der Waals surface area contributed by atoms with Crippen LogP contribution in [-0.4, -0.2) is 30.2 Å². The van der Waals surface area contributed by atoms with Crippen molar-refractivity contribution in [3.63, 3.8) is 0 Å². The van der Waals surface area contributed by atoms with Crippen LogP contribution >= 0.6 is 23.2 Å². The van der Waals surface area contributed by atoms with Gasteiger partial charge in [0.15, 0.2) is 12.4 Å². The SMILES string of the molecule is CCc1ccc(C(=O)COC(=O)c2cccc(N3C(=O)c4cc(Cl)c(Cl)cc4C3=O)c2)cc1. The van der Waals surface area contributed by atoms with E-state index >= 15 is 0 Å². The summed E-state index contributed by atoms with van der Waals surface area (Å²) in [6.07, 6.45) is 0.854. The number of anilines is 1. The van der Waals surface area contributed by atoms with Crippen LogP contribution in [0.5, 0.6) is 0 Å². The third-order valence-electron chi connectivity index (χ3n) is 5.29. The predicted octanol–water partition coefficient (Wildman–Crippen LogP) is 5.40. The number of rotatable bonds is 6. The molecule has 0 bridgehead atoms. The van der Waals surface area contributed by atoms with E-state index in [4.69, 9.17) is 27.9 Å². The van der Waals surface area contributed by atoms with E-state index < -0.39 is 24.4 Å². The van der Waals surface area contributed by atoms with Crippen LogP contribution in [0.1, 0.15) is 53.9 Å². The van der Waals surface area contributed by atoms with Gasteiger partial charge >= 0.3 is 5.97 Å². The van der Waals surface area contributed by atoms with E-state index in [2.05, 4.69) is 0 Å². The molecule has 3 aromatic rings. The van der Waals surface area contributed by atoms with Crippen LogP contribution in [0.4, 0.5) is 5.69 Å². The summed E-state index contributed by atoms with van der Waals surface area (Å²) in [6.45, 7) is 1.58. The molecule has 0 aromatic heterocycles. The minimum absolute atomic E-state index is 0.0919. The highest BCUT2D eigenvalue weighted by atomic mass is 35.5. The van der Waals surface area contributed by atoms with E-state index in [1.807, 2.05) is 19.1 Å². The molecule has 0 atom stereocenters. The zero-order chi connectivity index (χ0) is 23.7. The molecule has 6 nitrogen and oxygen atoms in total. The van der Waals surface area contributed by atoms with Crippen molar-refractivity contribution < 1.29 is 23.9 Å². The molecule has 0 fully saturated rings. The molecule has 3 aromatic carbocycles. The van der Waals surface area contributed by atoms with Crippen LogP contribution in [0.2, 0.25) is 10.0 Å². The molecule has 0 spiro atoms. The molecule has 8 heteroatoms. The Labute approximate surface area is 199 Å². The van der Waals surface area contributed by atoms with Gasteiger partial charge in [0.2, 0.25) is 0 Å². The predicted molar refractivity (Wildman–Crippen MR) is 124 cm³/mol. The van der Waals surface area contributed by atoms with Gasteiger partial charge in [0, 0.05) is 5.56 Å². The highest BCUT2D eigenvalue weighted by Crippen LogP contribution is 2.34. The maximum atomic E-state index is 12.8. The summed E-state index contributed by atoms with van der Waals surface area (Å²) >= 11 is 12.0. The molecule has 166 valence electrons. The van der Waals surface area contributed by atoms with Crippen LogP contribution in [0.25, 0.3) is 0 Å². The van der Waals surface area contributed by atoms with Gasteiger partial charge in [0.1, 0.15) is 0 Å². The molecule has 0 N–H and O–H groups in total. The van der Waals surface area contributed by atoms with Crippen molar-refractivity contribution in [3.05, 3.63) is 98.5 Å². The first-order valence-corrected chi connectivity index (χ1v) is 10.8. The number of hydrogen-bond donors (Lipinski definition) is 0. The fraction of sp³-hybridized carbons (Fsp3) is 0.120. The summed E-state index contributed by atoms with van der Waals surface area (Å²) < 4.78 is 5.15. The summed E-state index contributed by atoms with van der Waals surface area (Å²) in [6, 6.07) is 15.6. The number of carbonyl (C=O) groups is 4. The molecule has 0 saturated carbocycles. The Balaban J connectivity index is 1.49. The molecule has 1 aliphatic heterocycles. The lowest BCUT2D eigenvalue weighted by atomic mass is 10.1. The Bertz CT molecular complexity index is 1260. The summed E-state index contributed by atoms with van der Waals surface area (Å²) in [5, 5.41) is 0.314. The lowest BCUT2D eigenvalue weighted by Crippen LogP contribution is -2.29. The quantitative estimate of drug-likeness (QED) is 0.267. The summed E-state index contributed by atoms with van der Waals surface area (Å²) in [5.41, 5.74) is 2.07. The van der Waals surface area contributed by atoms with Crippen LogP contribution in [0.3, 0.4) is 0 Å². The second-order valence-electron chi connectivity index (χ2n) is 7.36. The van der Waals surface area contributed by atoms with E-state index in [0.29, 0.717) is 5.56 Å². The smallest absolute Gasteiger partial charge is 0.338 e. The van der Waals surface area contributed by atoms with E-state index in [-0.39, 0.29) is 38.2 Å². The highest BCUT2D eigenvalue weighted by molar-refractivity contribution is 6.44. The molecule has 33 heavy (non-hydrogen) atoms. The maximum Gasteiger partial charge on any atom is 0.338 e. The Morgan fingerprint density at radius 2 is 1.45 bits per heavy atom. The minimum atomic E-state index is -0.752. The second-order valence-corrected chi connectivity index (χ2v) is 8.17. The van der Waals surface area contributed by atoms with E-state index in [0.717, 1.165) is 16.9 Å². The molecule has 0 saturated heterocycles. The van der Waals surface area contributed by atoms with Gasteiger partial charge in [-0.05, 0) is 42.3 Å². The molecule has 0 radical (unpaired) electrons. The average molecular weight is 482 g/mol. The number of benzene rings is 3. The zero-order valence-electron chi connectivity index (χ0n) is 17.4. The van der Waals surface area contributed by atoms with Gasteiger partial charge in [-0.25, -0.2) is 9.69 Å². The number of halogens is 2. The molecule has 1 heterocycles. The molecular formula is C25H17Cl2NO5. The third kappa shape index (κ3) is 4.40. The molecule has 0 aliphatic carbocycles. The summed E-state index contributed by atoms with van der Waals surface area (Å²) in [4.78, 5) is 51.4. The number of amides is 2. The fourth-order valence-electron chi connectivity index (χ4n) is 3.46. The first-order valence-electron chi connectivity index (χ1n) is 10.1. The maximum absolute atomic E-state index is 12.8. The average Bonchev–Trinajstić information content (AvgIpc) is 3.06. The second kappa shape index (κ2) is 9.17. The van der Waals surface area contributed by atoms with Gasteiger partial charge in [-0.1, -0.05) is 60.5 Å². The molecular weight excluding hydrogens is 465 g/mol. The van der Waals surface area contributed by atoms with Crippen molar-refractivity contribution in [3.8, 4) is 0 Å². The van der Waals surface area contributed by atoms with Crippen molar-refractivity contribution in [2.75, 3.05) is 11.5 Å².